The summed E-state index contributed by atoms with van der Waals surface area (Å²) in [4.78, 5) is 0. The van der Waals surface area contributed by atoms with Crippen molar-refractivity contribution in [1.29, 1.82) is 0 Å². The Labute approximate surface area is 123 Å². The molecule has 5 heteroatoms. The van der Waals surface area contributed by atoms with Gasteiger partial charge < -0.3 is 0 Å². The summed E-state index contributed by atoms with van der Waals surface area (Å²) in [5, 5.41) is 0. The molecule has 4 nitrogen and oxygen atoms in total. The van der Waals surface area contributed by atoms with Gasteiger partial charge in [0.25, 0.3) is 0 Å². The Morgan fingerprint density at radius 3 is 1.60 bits per heavy atom. The summed E-state index contributed by atoms with van der Waals surface area (Å²) < 4.78 is 29.9. The van der Waals surface area contributed by atoms with Crippen LogP contribution in [0.2, 0.25) is 0 Å². The van der Waals surface area contributed by atoms with E-state index in [1.807, 2.05) is 27.7 Å². The van der Waals surface area contributed by atoms with Crippen molar-refractivity contribution in [2.75, 3.05) is 6.61 Å². The molecule has 20 heavy (non-hydrogen) atoms. The van der Waals surface area contributed by atoms with Crippen LogP contribution in [0.4, 0.5) is 0 Å². The van der Waals surface area contributed by atoms with Crippen molar-refractivity contribution >= 4 is 7.82 Å². The summed E-state index contributed by atoms with van der Waals surface area (Å²) in [5.41, 5.74) is -1.90. The molecule has 1 saturated heterocycles. The Kier molecular flexibility index (Phi) is 4.43. The Morgan fingerprint density at radius 2 is 1.30 bits per heavy atom. The van der Waals surface area contributed by atoms with Gasteiger partial charge in [-0.15, -0.1) is 6.58 Å². The molecule has 0 radical (unpaired) electrons. The number of phosphoric ester groups is 1. The summed E-state index contributed by atoms with van der Waals surface area (Å²) in [6, 6.07) is 0. The average molecular weight is 304 g/mol. The van der Waals surface area contributed by atoms with Gasteiger partial charge in [-0.1, -0.05) is 33.8 Å². The highest BCUT2D eigenvalue weighted by Crippen LogP contribution is 2.68. The lowest BCUT2D eigenvalue weighted by atomic mass is 9.54. The van der Waals surface area contributed by atoms with E-state index in [-0.39, 0.29) is 17.4 Å². The maximum atomic E-state index is 12.9. The van der Waals surface area contributed by atoms with Crippen molar-refractivity contribution in [3.05, 3.63) is 12.7 Å². The molecule has 0 amide bonds. The van der Waals surface area contributed by atoms with E-state index in [0.717, 1.165) is 0 Å². The monoisotopic (exact) mass is 304 g/mol. The van der Waals surface area contributed by atoms with E-state index in [1.54, 1.807) is 0 Å². The maximum Gasteiger partial charge on any atom is 0.476 e. The summed E-state index contributed by atoms with van der Waals surface area (Å²) in [7, 11) is -3.65. The minimum absolute atomic E-state index is 0.129. The fourth-order valence-corrected chi connectivity index (χ4v) is 4.51. The number of hydrogen-bond acceptors (Lipinski definition) is 4. The fraction of sp³-hybridized carbons (Fsp3) is 0.867. The van der Waals surface area contributed by atoms with Crippen LogP contribution in [0.3, 0.4) is 0 Å². The largest absolute Gasteiger partial charge is 0.476 e. The van der Waals surface area contributed by atoms with E-state index < -0.39 is 19.0 Å². The first-order valence-corrected chi connectivity index (χ1v) is 8.45. The second kappa shape index (κ2) is 4.95. The molecule has 0 aromatic heterocycles. The van der Waals surface area contributed by atoms with E-state index in [0.29, 0.717) is 0 Å². The minimum atomic E-state index is -3.65. The first-order chi connectivity index (χ1) is 8.72. The molecule has 1 aliphatic heterocycles. The van der Waals surface area contributed by atoms with Crippen molar-refractivity contribution in [2.45, 2.75) is 66.6 Å². The van der Waals surface area contributed by atoms with Gasteiger partial charge in [-0.2, -0.15) is 0 Å². The highest BCUT2D eigenvalue weighted by atomic mass is 31.2. The Morgan fingerprint density at radius 1 is 0.950 bits per heavy atom. The summed E-state index contributed by atoms with van der Waals surface area (Å²) in [5.74, 6) is 0. The maximum absolute atomic E-state index is 12.9. The van der Waals surface area contributed by atoms with Crippen LogP contribution in [0.1, 0.15) is 55.4 Å². The van der Waals surface area contributed by atoms with Crippen LogP contribution in [0.5, 0.6) is 0 Å². The van der Waals surface area contributed by atoms with Crippen molar-refractivity contribution in [3.8, 4) is 0 Å². The Hall–Kier alpha value is -0.150. The smallest absolute Gasteiger partial charge is 0.283 e. The van der Waals surface area contributed by atoms with E-state index in [4.69, 9.17) is 13.6 Å². The first kappa shape index (κ1) is 17.9. The lowest BCUT2D eigenvalue weighted by molar-refractivity contribution is -0.120. The van der Waals surface area contributed by atoms with Crippen LogP contribution in [0, 0.1) is 10.8 Å². The van der Waals surface area contributed by atoms with Gasteiger partial charge in [-0.05, 0) is 27.7 Å². The molecule has 1 aliphatic rings. The molecular weight excluding hydrogens is 275 g/mol. The molecule has 0 saturated carbocycles. The fourth-order valence-electron chi connectivity index (χ4n) is 2.51. The lowest BCUT2D eigenvalue weighted by Crippen LogP contribution is -2.56. The zero-order valence-electron chi connectivity index (χ0n) is 14.1. The van der Waals surface area contributed by atoms with Gasteiger partial charge in [-0.3, -0.25) is 13.6 Å². The van der Waals surface area contributed by atoms with Gasteiger partial charge in [0.15, 0.2) is 0 Å². The van der Waals surface area contributed by atoms with Crippen LogP contribution < -0.4 is 0 Å². The zero-order valence-corrected chi connectivity index (χ0v) is 15.0. The van der Waals surface area contributed by atoms with Crippen molar-refractivity contribution in [3.63, 3.8) is 0 Å². The van der Waals surface area contributed by atoms with Gasteiger partial charge in [0.1, 0.15) is 0 Å². The van der Waals surface area contributed by atoms with Crippen LogP contribution >= 0.6 is 7.82 Å². The molecule has 1 heterocycles. The molecule has 1 rings (SSSR count). The topological polar surface area (TPSA) is 44.8 Å². The second-order valence-corrected chi connectivity index (χ2v) is 9.00. The van der Waals surface area contributed by atoms with Crippen LogP contribution in [-0.4, -0.2) is 17.8 Å². The van der Waals surface area contributed by atoms with E-state index in [9.17, 15) is 4.57 Å². The third-order valence-corrected chi connectivity index (χ3v) is 7.43. The van der Waals surface area contributed by atoms with Gasteiger partial charge in [0, 0.05) is 10.8 Å². The van der Waals surface area contributed by atoms with Crippen molar-refractivity contribution in [2.24, 2.45) is 10.8 Å². The van der Waals surface area contributed by atoms with Crippen molar-refractivity contribution in [1.82, 2.24) is 0 Å². The summed E-state index contributed by atoms with van der Waals surface area (Å²) in [6.07, 6.45) is 1.54. The van der Waals surface area contributed by atoms with Gasteiger partial charge in [0.05, 0.1) is 17.8 Å². The lowest BCUT2D eigenvalue weighted by Gasteiger charge is -2.53. The zero-order chi connectivity index (χ0) is 16.0. The summed E-state index contributed by atoms with van der Waals surface area (Å²) >= 11 is 0. The molecule has 0 N–H and O–H groups in total. The Bertz CT molecular complexity index is 403. The molecule has 0 aromatic rings. The highest BCUT2D eigenvalue weighted by molar-refractivity contribution is 7.48. The Balaban J connectivity index is 3.39. The van der Waals surface area contributed by atoms with Crippen LogP contribution in [0.25, 0.3) is 0 Å². The summed E-state index contributed by atoms with van der Waals surface area (Å²) in [6.45, 7) is 19.9. The minimum Gasteiger partial charge on any atom is -0.283 e. The number of hydrogen-bond donors (Lipinski definition) is 0. The molecular formula is C15H29O4P. The van der Waals surface area contributed by atoms with Crippen LogP contribution in [0.15, 0.2) is 12.7 Å². The van der Waals surface area contributed by atoms with Gasteiger partial charge in [0.2, 0.25) is 0 Å². The van der Waals surface area contributed by atoms with Crippen molar-refractivity contribution < 1.29 is 18.1 Å². The van der Waals surface area contributed by atoms with Gasteiger partial charge in [-0.25, -0.2) is 4.57 Å². The predicted octanol–water partition coefficient (Wildman–Crippen LogP) is 4.95. The highest BCUT2D eigenvalue weighted by Gasteiger charge is 2.63. The van der Waals surface area contributed by atoms with Gasteiger partial charge >= 0.3 is 7.82 Å². The molecule has 0 atom stereocenters. The molecule has 1 fully saturated rings. The number of rotatable bonds is 3. The first-order valence-electron chi connectivity index (χ1n) is 6.99. The van der Waals surface area contributed by atoms with E-state index in [2.05, 4.69) is 34.3 Å². The average Bonchev–Trinajstić information content (AvgIpc) is 2.25. The molecule has 118 valence electrons. The second-order valence-electron chi connectivity index (χ2n) is 7.48. The number of phosphoric acid groups is 1. The molecule has 0 aromatic carbocycles. The SMILES string of the molecule is C=CCOP1(=O)OC(C)(C)C(C)(C)C(C)(C)C(C)(C)O1. The predicted molar refractivity (Wildman–Crippen MR) is 81.6 cm³/mol. The third-order valence-electron chi connectivity index (χ3n) is 5.60. The molecule has 0 aliphatic carbocycles. The van der Waals surface area contributed by atoms with E-state index >= 15 is 0 Å². The third kappa shape index (κ3) is 2.64. The molecule has 0 spiro atoms. The standard InChI is InChI=1S/C15H29O4P/c1-10-11-17-20(16)18-14(6,7)12(2,3)13(4,5)15(8,9)19-20/h10H,1,11H2,2-9H3. The van der Waals surface area contributed by atoms with E-state index in [1.165, 1.54) is 6.08 Å². The quantitative estimate of drug-likeness (QED) is 0.546. The molecule has 0 bridgehead atoms. The molecule has 0 unspecified atom stereocenters. The van der Waals surface area contributed by atoms with Crippen LogP contribution in [-0.2, 0) is 18.1 Å². The normalized spacial score (nSPS) is 29.4.